The summed E-state index contributed by atoms with van der Waals surface area (Å²) in [6.45, 7) is 4.12. The van der Waals surface area contributed by atoms with Crippen LogP contribution in [-0.4, -0.2) is 0 Å². The van der Waals surface area contributed by atoms with E-state index < -0.39 is 0 Å². The van der Waals surface area contributed by atoms with E-state index in [1.54, 1.807) is 0 Å². The summed E-state index contributed by atoms with van der Waals surface area (Å²) in [5, 5.41) is 0. The van der Waals surface area contributed by atoms with Crippen LogP contribution in [0.1, 0.15) is 26.7 Å². The van der Waals surface area contributed by atoms with E-state index in [2.05, 4.69) is 50.3 Å². The molecule has 0 atom stereocenters. The van der Waals surface area contributed by atoms with Crippen LogP contribution in [0.4, 0.5) is 0 Å². The fourth-order valence-corrected chi connectivity index (χ4v) is 1.03. The van der Waals surface area contributed by atoms with Crippen LogP contribution in [0.2, 0.25) is 0 Å². The Balaban J connectivity index is -0.000000160. The Labute approximate surface area is 110 Å². The van der Waals surface area contributed by atoms with E-state index in [-0.39, 0.29) is 35.6 Å². The Bertz CT molecular complexity index is 229. The predicted molar refractivity (Wildman–Crippen MR) is 52.4 cm³/mol. The van der Waals surface area contributed by atoms with Crippen molar-refractivity contribution in [1.82, 2.24) is 0 Å². The zero-order chi connectivity index (χ0) is 8.81. The molecule has 2 aliphatic carbocycles. The van der Waals surface area contributed by atoms with Crippen molar-refractivity contribution >= 4 is 0 Å². The second-order valence-electron chi connectivity index (χ2n) is 2.93. The monoisotopic (exact) mass is 286 g/mol. The summed E-state index contributed by atoms with van der Waals surface area (Å²) in [5.41, 5.74) is 2.55. The summed E-state index contributed by atoms with van der Waals surface area (Å²) < 4.78 is 0. The molecule has 0 aromatic rings. The van der Waals surface area contributed by atoms with E-state index in [0.717, 1.165) is 12.8 Å². The molecule has 15 heavy (non-hydrogen) atoms. The quantitative estimate of drug-likeness (QED) is 0.429. The normalized spacial score (nSPS) is 14.8. The number of hydrogen-bond acceptors (Lipinski definition) is 0. The van der Waals surface area contributed by atoms with Crippen LogP contribution in [0, 0.1) is 12.2 Å². The molecule has 0 saturated carbocycles. The van der Waals surface area contributed by atoms with Gasteiger partial charge in [0.2, 0.25) is 0 Å². The fourth-order valence-electron chi connectivity index (χ4n) is 1.03. The summed E-state index contributed by atoms with van der Waals surface area (Å²) in [6.07, 6.45) is 16.7. The summed E-state index contributed by atoms with van der Waals surface area (Å²) >= 11 is 0. The molecule has 0 nitrogen and oxygen atoms in total. The van der Waals surface area contributed by atoms with Crippen LogP contribution < -0.4 is 9.41 Å². The van der Waals surface area contributed by atoms with Gasteiger partial charge in [0, 0.05) is 0 Å². The number of allylic oxidation sites excluding steroid dienone is 8. The molecular formula is C12H14F2Zr. The molecule has 0 amide bonds. The van der Waals surface area contributed by atoms with Gasteiger partial charge in [0.15, 0.2) is 0 Å². The molecule has 0 spiro atoms. The molecular weight excluding hydrogens is 273 g/mol. The SMILES string of the molecule is CC1=[C-]CC=C1.CC1=[C-]CC=C1.[F-].[F-].[Zr+4]. The third kappa shape index (κ3) is 10.00. The van der Waals surface area contributed by atoms with Gasteiger partial charge in [-0.3, -0.25) is 12.2 Å². The van der Waals surface area contributed by atoms with Gasteiger partial charge in [-0.05, 0) is 0 Å². The molecule has 3 heteroatoms. The molecule has 0 saturated heterocycles. The van der Waals surface area contributed by atoms with Gasteiger partial charge in [0.05, 0.1) is 0 Å². The van der Waals surface area contributed by atoms with E-state index >= 15 is 0 Å². The van der Waals surface area contributed by atoms with Crippen LogP contribution in [0.15, 0.2) is 35.5 Å². The fraction of sp³-hybridized carbons (Fsp3) is 0.333. The molecule has 0 bridgehead atoms. The Kier molecular flexibility index (Phi) is 15.8. The average molecular weight is 287 g/mol. The van der Waals surface area contributed by atoms with E-state index in [4.69, 9.17) is 0 Å². The first kappa shape index (κ1) is 20.2. The maximum absolute atomic E-state index is 3.12. The first-order chi connectivity index (χ1) is 5.79. The van der Waals surface area contributed by atoms with Gasteiger partial charge < -0.3 is 9.41 Å². The smallest absolute Gasteiger partial charge is 1.00 e. The molecule has 2 rings (SSSR count). The van der Waals surface area contributed by atoms with E-state index in [1.165, 1.54) is 11.1 Å². The molecule has 0 unspecified atom stereocenters. The topological polar surface area (TPSA) is 0 Å². The van der Waals surface area contributed by atoms with Crippen molar-refractivity contribution in [3.05, 3.63) is 47.6 Å². The summed E-state index contributed by atoms with van der Waals surface area (Å²) in [4.78, 5) is 0. The Hall–Kier alpha value is -0.297. The largest absolute Gasteiger partial charge is 4.00 e. The first-order valence-corrected chi connectivity index (χ1v) is 4.27. The predicted octanol–water partition coefficient (Wildman–Crippen LogP) is -2.60. The number of halogens is 2. The van der Waals surface area contributed by atoms with Crippen LogP contribution in [-0.2, 0) is 26.2 Å². The second-order valence-corrected chi connectivity index (χ2v) is 2.93. The molecule has 0 aromatic carbocycles. The third-order valence-electron chi connectivity index (χ3n) is 1.73. The summed E-state index contributed by atoms with van der Waals surface area (Å²) in [6, 6.07) is 0. The molecule has 0 aromatic heterocycles. The Morgan fingerprint density at radius 3 is 1.27 bits per heavy atom. The third-order valence-corrected chi connectivity index (χ3v) is 1.73. The summed E-state index contributed by atoms with van der Waals surface area (Å²) in [5.74, 6) is 0. The van der Waals surface area contributed by atoms with Crippen molar-refractivity contribution in [3.8, 4) is 0 Å². The van der Waals surface area contributed by atoms with Crippen molar-refractivity contribution in [2.75, 3.05) is 0 Å². The zero-order valence-corrected chi connectivity index (χ0v) is 11.4. The van der Waals surface area contributed by atoms with Crippen molar-refractivity contribution < 1.29 is 35.6 Å². The van der Waals surface area contributed by atoms with Crippen molar-refractivity contribution in [1.29, 1.82) is 0 Å². The molecule has 0 fully saturated rings. The van der Waals surface area contributed by atoms with Gasteiger partial charge in [-0.25, -0.2) is 23.3 Å². The second kappa shape index (κ2) is 11.8. The zero-order valence-electron chi connectivity index (χ0n) is 8.98. The molecule has 0 N–H and O–H groups in total. The van der Waals surface area contributed by atoms with Gasteiger partial charge in [-0.1, -0.05) is 13.8 Å². The van der Waals surface area contributed by atoms with E-state index in [0.29, 0.717) is 0 Å². The molecule has 80 valence electrons. The van der Waals surface area contributed by atoms with E-state index in [1.807, 2.05) is 0 Å². The average Bonchev–Trinajstić information content (AvgIpc) is 2.63. The van der Waals surface area contributed by atoms with Crippen molar-refractivity contribution in [2.45, 2.75) is 26.7 Å². The van der Waals surface area contributed by atoms with Gasteiger partial charge in [-0.15, -0.1) is 12.8 Å². The first-order valence-electron chi connectivity index (χ1n) is 4.27. The Morgan fingerprint density at radius 2 is 1.20 bits per heavy atom. The number of rotatable bonds is 0. The van der Waals surface area contributed by atoms with Crippen molar-refractivity contribution in [2.24, 2.45) is 0 Å². The van der Waals surface area contributed by atoms with Crippen LogP contribution in [0.25, 0.3) is 0 Å². The van der Waals surface area contributed by atoms with Gasteiger partial charge in [0.1, 0.15) is 0 Å². The molecule has 0 radical (unpaired) electrons. The minimum atomic E-state index is 0. The maximum atomic E-state index is 3.12. The minimum Gasteiger partial charge on any atom is -1.00 e. The molecule has 2 aliphatic rings. The van der Waals surface area contributed by atoms with Gasteiger partial charge >= 0.3 is 26.2 Å². The Morgan fingerprint density at radius 1 is 0.867 bits per heavy atom. The number of hydrogen-bond donors (Lipinski definition) is 0. The minimum absolute atomic E-state index is 0. The van der Waals surface area contributed by atoms with E-state index in [9.17, 15) is 0 Å². The van der Waals surface area contributed by atoms with Crippen LogP contribution >= 0.6 is 0 Å². The standard InChI is InChI=1S/2C6H7.2FH.Zr/c2*1-6-4-2-3-5-6;;;/h2*2,4H,3H2,1H3;2*1H;/q2*-1;;;+4/p-2. The van der Waals surface area contributed by atoms with Crippen LogP contribution in [0.3, 0.4) is 0 Å². The molecule has 0 aliphatic heterocycles. The van der Waals surface area contributed by atoms with Crippen molar-refractivity contribution in [3.63, 3.8) is 0 Å². The summed E-state index contributed by atoms with van der Waals surface area (Å²) in [7, 11) is 0. The van der Waals surface area contributed by atoms with Crippen LogP contribution in [0.5, 0.6) is 0 Å². The maximum Gasteiger partial charge on any atom is 4.00 e. The molecule has 0 heterocycles. The van der Waals surface area contributed by atoms with Gasteiger partial charge in [0.25, 0.3) is 0 Å². The van der Waals surface area contributed by atoms with Gasteiger partial charge in [-0.2, -0.15) is 12.2 Å².